The zero-order chi connectivity index (χ0) is 23.3. The molecular formula is C20H13CrN2O8S2-. The van der Waals surface area contributed by atoms with Gasteiger partial charge in [-0.05, 0) is 23.6 Å². The number of azo groups is 1. The number of phenols is 2. The van der Waals surface area contributed by atoms with Gasteiger partial charge in [0.05, 0.1) is 9.79 Å². The van der Waals surface area contributed by atoms with Crippen LogP contribution < -0.4 is 0 Å². The van der Waals surface area contributed by atoms with Crippen molar-refractivity contribution in [3.8, 4) is 11.5 Å². The van der Waals surface area contributed by atoms with Crippen LogP contribution in [0.1, 0.15) is 1.43 Å². The van der Waals surface area contributed by atoms with Crippen LogP contribution in [0, 0.1) is 0 Å². The van der Waals surface area contributed by atoms with E-state index in [2.05, 4.69) is 10.2 Å². The van der Waals surface area contributed by atoms with Crippen molar-refractivity contribution in [2.45, 2.75) is 9.79 Å². The molecule has 0 aromatic heterocycles. The number of rotatable bonds is 4. The minimum Gasteiger partial charge on any atom is -0.744 e. The monoisotopic (exact) mass is 525 g/mol. The molecule has 0 saturated carbocycles. The number of nitrogens with zero attached hydrogens (tertiary/aromatic N) is 2. The molecule has 0 amide bonds. The van der Waals surface area contributed by atoms with E-state index in [-0.39, 0.29) is 30.2 Å². The van der Waals surface area contributed by atoms with E-state index in [1.165, 1.54) is 6.07 Å². The maximum Gasteiger partial charge on any atom is 1.00 e. The first-order chi connectivity index (χ1) is 15.0. The number of hydrogen-bond donors (Lipinski definition) is 2. The molecule has 4 aromatic rings. The molecule has 0 aliphatic heterocycles. The summed E-state index contributed by atoms with van der Waals surface area (Å²) >= 11 is 0. The van der Waals surface area contributed by atoms with Gasteiger partial charge in [-0.15, -0.1) is 10.2 Å². The Morgan fingerprint density at radius 2 is 1.39 bits per heavy atom. The summed E-state index contributed by atoms with van der Waals surface area (Å²) in [6, 6.07) is 13.5. The van der Waals surface area contributed by atoms with Gasteiger partial charge in [-0.1, -0.05) is 42.5 Å². The van der Waals surface area contributed by atoms with Crippen molar-refractivity contribution in [2.24, 2.45) is 10.2 Å². The Morgan fingerprint density at radius 3 is 2.06 bits per heavy atom. The van der Waals surface area contributed by atoms with E-state index in [0.29, 0.717) is 16.8 Å². The van der Waals surface area contributed by atoms with Gasteiger partial charge in [0.2, 0.25) is 0 Å². The largest absolute Gasteiger partial charge is 1.00 e. The molecule has 10 nitrogen and oxygen atoms in total. The van der Waals surface area contributed by atoms with Crippen molar-refractivity contribution in [1.29, 1.82) is 0 Å². The molecule has 13 heteroatoms. The third-order valence-corrected chi connectivity index (χ3v) is 6.47. The molecule has 0 bridgehead atoms. The molecule has 0 heterocycles. The van der Waals surface area contributed by atoms with Crippen molar-refractivity contribution in [1.82, 2.24) is 0 Å². The zero-order valence-corrected chi connectivity index (χ0v) is 19.1. The molecule has 33 heavy (non-hydrogen) atoms. The van der Waals surface area contributed by atoms with Gasteiger partial charge < -0.3 is 19.3 Å². The van der Waals surface area contributed by atoms with E-state index in [4.69, 9.17) is 0 Å². The first kappa shape index (κ1) is 24.6. The average molecular weight is 525 g/mol. The fraction of sp³-hybridized carbons (Fsp3) is 0. The minimum absolute atomic E-state index is 0. The Labute approximate surface area is 200 Å². The molecule has 0 fully saturated rings. The van der Waals surface area contributed by atoms with E-state index in [1.807, 2.05) is 0 Å². The normalized spacial score (nSPS) is 12.3. The van der Waals surface area contributed by atoms with Crippen molar-refractivity contribution < 1.29 is 54.9 Å². The van der Waals surface area contributed by atoms with E-state index in [0.717, 1.165) is 18.2 Å². The Hall–Kier alpha value is -3.05. The zero-order valence-electron chi connectivity index (χ0n) is 17.2. The second-order valence-corrected chi connectivity index (χ2v) is 9.38. The summed E-state index contributed by atoms with van der Waals surface area (Å²) in [4.78, 5) is -1.82. The van der Waals surface area contributed by atoms with Gasteiger partial charge in [-0.2, -0.15) is 0 Å². The second-order valence-electron chi connectivity index (χ2n) is 6.68. The van der Waals surface area contributed by atoms with Crippen molar-refractivity contribution >= 4 is 53.2 Å². The minimum atomic E-state index is -5.17. The topological polar surface area (TPSA) is 180 Å². The van der Waals surface area contributed by atoms with Gasteiger partial charge in [0, 0.05) is 33.5 Å². The predicted molar refractivity (Wildman–Crippen MR) is 112 cm³/mol. The summed E-state index contributed by atoms with van der Waals surface area (Å²) in [5.74, 6) is -1.14. The molecular weight excluding hydrogens is 512 g/mol. The molecule has 0 aliphatic rings. The maximum absolute atomic E-state index is 11.8. The molecule has 0 radical (unpaired) electrons. The van der Waals surface area contributed by atoms with Crippen LogP contribution in [0.2, 0.25) is 0 Å². The van der Waals surface area contributed by atoms with Crippen LogP contribution in [-0.4, -0.2) is 36.2 Å². The van der Waals surface area contributed by atoms with Crippen LogP contribution in [0.15, 0.2) is 80.7 Å². The van der Waals surface area contributed by atoms with Crippen molar-refractivity contribution in [3.63, 3.8) is 0 Å². The van der Waals surface area contributed by atoms with Crippen LogP contribution in [0.25, 0.3) is 21.5 Å². The first-order valence-corrected chi connectivity index (χ1v) is 11.6. The smallest absolute Gasteiger partial charge is 0.744 e. The van der Waals surface area contributed by atoms with Gasteiger partial charge in [-0.3, -0.25) is 0 Å². The summed E-state index contributed by atoms with van der Waals surface area (Å²) in [7, 11) is -10.3. The van der Waals surface area contributed by atoms with Gasteiger partial charge in [0.25, 0.3) is 0 Å². The molecule has 0 atom stereocenters. The van der Waals surface area contributed by atoms with Gasteiger partial charge in [0.15, 0.2) is 5.75 Å². The van der Waals surface area contributed by atoms with E-state index in [1.54, 1.807) is 30.3 Å². The van der Waals surface area contributed by atoms with Crippen LogP contribution in [0.3, 0.4) is 0 Å². The second kappa shape index (κ2) is 8.71. The summed E-state index contributed by atoms with van der Waals surface area (Å²) in [5.41, 5.74) is -0.603. The Bertz CT molecular complexity index is 1660. The summed E-state index contributed by atoms with van der Waals surface area (Å²) in [6.07, 6.45) is 0. The number of hydrogen-bond acceptors (Lipinski definition) is 10. The average Bonchev–Trinajstić information content (AvgIpc) is 2.72. The molecule has 4 rings (SSSR count). The Kier molecular flexibility index (Phi) is 6.49. The van der Waals surface area contributed by atoms with Crippen molar-refractivity contribution in [2.75, 3.05) is 0 Å². The third-order valence-electron chi connectivity index (χ3n) is 4.71. The molecule has 0 saturated heterocycles. The van der Waals surface area contributed by atoms with E-state index < -0.39 is 52.2 Å². The molecule has 0 unspecified atom stereocenters. The van der Waals surface area contributed by atoms with Crippen LogP contribution >= 0.6 is 0 Å². The fourth-order valence-electron chi connectivity index (χ4n) is 3.32. The fourth-order valence-corrected chi connectivity index (χ4v) is 4.72. The number of fused-ring (bicyclic) bond motifs is 2. The standard InChI is InChI=1S/C20H14N2O8S2.Cr/c23-15-9-8-11-4-1-2-5-12(11)19(15)22-21-14-10-17(32(28,29)30)13-6-3-7-16(31(25,26)27)18(13)20(14)24;/h1-10,23-24H,(H,25,26,27)(H,28,29,30);/p-1. The van der Waals surface area contributed by atoms with Gasteiger partial charge in [0.1, 0.15) is 37.4 Å². The van der Waals surface area contributed by atoms with Gasteiger partial charge >= 0.3 is 1.43 Å². The molecule has 170 valence electrons. The van der Waals surface area contributed by atoms with Crippen LogP contribution in [-0.2, 0) is 37.6 Å². The van der Waals surface area contributed by atoms with E-state index >= 15 is 0 Å². The number of phenolic OH excluding ortho intramolecular Hbond substituents is 2. The number of aromatic hydroxyl groups is 2. The molecule has 2 N–H and O–H groups in total. The Balaban J connectivity index is 0.00000204. The van der Waals surface area contributed by atoms with Gasteiger partial charge in [-0.25, -0.2) is 16.8 Å². The van der Waals surface area contributed by atoms with Crippen molar-refractivity contribution in [3.05, 3.63) is 60.7 Å². The third kappa shape index (κ3) is 4.55. The Morgan fingerprint density at radius 1 is 0.758 bits per heavy atom. The van der Waals surface area contributed by atoms with E-state index in [9.17, 15) is 36.2 Å². The first-order valence-electron chi connectivity index (χ1n) is 8.81. The molecule has 4 aromatic carbocycles. The number of benzene rings is 4. The van der Waals surface area contributed by atoms with Crippen LogP contribution in [0.4, 0.5) is 11.4 Å². The summed E-state index contributed by atoms with van der Waals surface area (Å²) < 4.78 is 70.4. The molecule has 0 aliphatic carbocycles. The SMILES string of the molecule is O=S(=O)([O-])c1cc(N=Nc2c(O)ccc3ccccc23)c(O)c2c(S(=O)(=O)[O-])cccc12.[Cr].[H+]. The van der Waals surface area contributed by atoms with Crippen LogP contribution in [0.5, 0.6) is 11.5 Å². The quantitative estimate of drug-likeness (QED) is 0.299. The molecule has 0 spiro atoms. The maximum atomic E-state index is 11.8. The predicted octanol–water partition coefficient (Wildman–Crippen LogP) is 3.74. The summed E-state index contributed by atoms with van der Waals surface area (Å²) in [5, 5.41) is 28.5. The summed E-state index contributed by atoms with van der Waals surface area (Å²) in [6.45, 7) is 0.